The summed E-state index contributed by atoms with van der Waals surface area (Å²) >= 11 is 0. The zero-order valence-corrected chi connectivity index (χ0v) is 12.2. The van der Waals surface area contributed by atoms with Crippen LogP contribution in [-0.2, 0) is 4.79 Å². The molecule has 0 unspecified atom stereocenters. The number of carbonyl (C=O) groups is 1. The Morgan fingerprint density at radius 3 is 2.19 bits per heavy atom. The molecule has 1 amide bonds. The van der Waals surface area contributed by atoms with Gasteiger partial charge in [-0.1, -0.05) is 5.16 Å². The third kappa shape index (κ3) is 4.76. The van der Waals surface area contributed by atoms with Crippen molar-refractivity contribution in [1.29, 1.82) is 0 Å². The van der Waals surface area contributed by atoms with Gasteiger partial charge in [-0.25, -0.2) is 0 Å². The maximum absolute atomic E-state index is 12.1. The SMILES string of the molecule is CC(C)(C(N)=NO)N1CCN(C(=O)CCC(F)(F)F)CC1. The molecule has 0 aromatic heterocycles. The molecule has 0 saturated carbocycles. The van der Waals surface area contributed by atoms with E-state index in [2.05, 4.69) is 5.16 Å². The normalized spacial score (nSPS) is 18.9. The lowest BCUT2D eigenvalue weighted by atomic mass is 10.00. The highest BCUT2D eigenvalue weighted by Gasteiger charge is 2.35. The van der Waals surface area contributed by atoms with Crippen molar-refractivity contribution in [1.82, 2.24) is 9.80 Å². The topological polar surface area (TPSA) is 82.2 Å². The number of rotatable bonds is 4. The number of oxime groups is 1. The molecule has 0 aliphatic carbocycles. The molecular weight excluding hydrogens is 289 g/mol. The molecule has 0 atom stereocenters. The average molecular weight is 310 g/mol. The van der Waals surface area contributed by atoms with Gasteiger partial charge in [-0.2, -0.15) is 13.2 Å². The highest BCUT2D eigenvalue weighted by atomic mass is 19.4. The summed E-state index contributed by atoms with van der Waals surface area (Å²) in [7, 11) is 0. The number of amidine groups is 1. The third-order valence-electron chi connectivity index (χ3n) is 3.78. The molecule has 1 aliphatic rings. The molecule has 1 aliphatic heterocycles. The van der Waals surface area contributed by atoms with Crippen molar-refractivity contribution < 1.29 is 23.2 Å². The van der Waals surface area contributed by atoms with Crippen molar-refractivity contribution in [3.63, 3.8) is 0 Å². The molecule has 1 fully saturated rings. The molecule has 1 heterocycles. The first kappa shape index (κ1) is 17.5. The predicted molar refractivity (Wildman–Crippen MR) is 70.9 cm³/mol. The Labute approximate surface area is 121 Å². The van der Waals surface area contributed by atoms with Gasteiger partial charge in [-0.05, 0) is 13.8 Å². The first-order valence-electron chi connectivity index (χ1n) is 6.65. The average Bonchev–Trinajstić information content (AvgIpc) is 2.43. The Hall–Kier alpha value is -1.51. The Kier molecular flexibility index (Phi) is 5.43. The summed E-state index contributed by atoms with van der Waals surface area (Å²) in [5.74, 6) is -0.437. The number of halogens is 3. The van der Waals surface area contributed by atoms with Crippen molar-refractivity contribution in [3.05, 3.63) is 0 Å². The van der Waals surface area contributed by atoms with Gasteiger partial charge >= 0.3 is 6.18 Å². The van der Waals surface area contributed by atoms with E-state index < -0.39 is 30.5 Å². The van der Waals surface area contributed by atoms with Gasteiger partial charge in [0, 0.05) is 32.6 Å². The van der Waals surface area contributed by atoms with Gasteiger partial charge in [0.05, 0.1) is 12.0 Å². The number of alkyl halides is 3. The van der Waals surface area contributed by atoms with Crippen molar-refractivity contribution in [2.45, 2.75) is 38.4 Å². The van der Waals surface area contributed by atoms with Crippen LogP contribution >= 0.6 is 0 Å². The van der Waals surface area contributed by atoms with Crippen LogP contribution in [0.25, 0.3) is 0 Å². The molecular formula is C12H21F3N4O2. The molecule has 0 spiro atoms. The minimum atomic E-state index is -4.31. The highest BCUT2D eigenvalue weighted by Crippen LogP contribution is 2.23. The molecule has 1 saturated heterocycles. The minimum Gasteiger partial charge on any atom is -0.409 e. The first-order chi connectivity index (χ1) is 9.58. The van der Waals surface area contributed by atoms with E-state index in [1.54, 1.807) is 13.8 Å². The molecule has 0 radical (unpaired) electrons. The lowest BCUT2D eigenvalue weighted by molar-refractivity contribution is -0.150. The standard InChI is InChI=1S/C12H21F3N4O2/c1-11(2,10(16)17-21)19-7-5-18(6-8-19)9(20)3-4-12(13,14)15/h21H,3-8H2,1-2H3,(H2,16,17). The quantitative estimate of drug-likeness (QED) is 0.351. The van der Waals surface area contributed by atoms with Gasteiger partial charge in [-0.15, -0.1) is 0 Å². The Morgan fingerprint density at radius 1 is 1.24 bits per heavy atom. The molecule has 0 aromatic rings. The second-order valence-corrected chi connectivity index (χ2v) is 5.53. The van der Waals surface area contributed by atoms with Crippen LogP contribution in [0, 0.1) is 0 Å². The minimum absolute atomic E-state index is 0.0550. The zero-order valence-electron chi connectivity index (χ0n) is 12.2. The molecule has 6 nitrogen and oxygen atoms in total. The lowest BCUT2D eigenvalue weighted by Gasteiger charge is -2.43. The second-order valence-electron chi connectivity index (χ2n) is 5.53. The summed E-state index contributed by atoms with van der Waals surface area (Å²) in [4.78, 5) is 15.1. The van der Waals surface area contributed by atoms with Crippen LogP contribution in [0.3, 0.4) is 0 Å². The van der Waals surface area contributed by atoms with Gasteiger partial charge in [0.1, 0.15) is 0 Å². The van der Waals surface area contributed by atoms with E-state index in [4.69, 9.17) is 10.9 Å². The number of hydrogen-bond acceptors (Lipinski definition) is 4. The maximum atomic E-state index is 12.1. The Morgan fingerprint density at radius 2 is 1.76 bits per heavy atom. The molecule has 0 aromatic carbocycles. The first-order valence-corrected chi connectivity index (χ1v) is 6.65. The van der Waals surface area contributed by atoms with E-state index in [1.807, 2.05) is 4.90 Å². The van der Waals surface area contributed by atoms with Gasteiger partial charge in [0.15, 0.2) is 5.84 Å². The summed E-state index contributed by atoms with van der Waals surface area (Å²) in [6, 6.07) is 0. The van der Waals surface area contributed by atoms with Crippen molar-refractivity contribution in [3.8, 4) is 0 Å². The second kappa shape index (κ2) is 6.50. The number of nitrogens with two attached hydrogens (primary N) is 1. The van der Waals surface area contributed by atoms with Gasteiger partial charge in [0.2, 0.25) is 5.91 Å². The van der Waals surface area contributed by atoms with Crippen LogP contribution in [0.5, 0.6) is 0 Å². The van der Waals surface area contributed by atoms with Crippen molar-refractivity contribution >= 4 is 11.7 Å². The number of amides is 1. The van der Waals surface area contributed by atoms with E-state index in [-0.39, 0.29) is 5.84 Å². The van der Waals surface area contributed by atoms with Crippen molar-refractivity contribution in [2.24, 2.45) is 10.9 Å². The zero-order chi connectivity index (χ0) is 16.3. The number of piperazine rings is 1. The lowest BCUT2D eigenvalue weighted by Crippen LogP contribution is -2.60. The number of hydrogen-bond donors (Lipinski definition) is 2. The Balaban J connectivity index is 2.51. The third-order valence-corrected chi connectivity index (χ3v) is 3.78. The summed E-state index contributed by atoms with van der Waals surface area (Å²) in [5, 5.41) is 11.7. The summed E-state index contributed by atoms with van der Waals surface area (Å²) in [5.41, 5.74) is 4.95. The van der Waals surface area contributed by atoms with E-state index >= 15 is 0 Å². The summed E-state index contributed by atoms with van der Waals surface area (Å²) < 4.78 is 36.3. The van der Waals surface area contributed by atoms with Crippen LogP contribution in [0.1, 0.15) is 26.7 Å². The molecule has 3 N–H and O–H groups in total. The van der Waals surface area contributed by atoms with Crippen LogP contribution in [0.4, 0.5) is 13.2 Å². The van der Waals surface area contributed by atoms with Crippen LogP contribution < -0.4 is 5.73 Å². The number of nitrogens with zero attached hydrogens (tertiary/aromatic N) is 3. The van der Waals surface area contributed by atoms with Crippen molar-refractivity contribution in [2.75, 3.05) is 26.2 Å². The largest absolute Gasteiger partial charge is 0.409 e. The fourth-order valence-electron chi connectivity index (χ4n) is 2.21. The van der Waals surface area contributed by atoms with E-state index in [0.717, 1.165) is 0 Å². The summed E-state index contributed by atoms with van der Waals surface area (Å²) in [6.45, 7) is 5.14. The highest BCUT2D eigenvalue weighted by molar-refractivity contribution is 5.88. The van der Waals surface area contributed by atoms with Crippen LogP contribution in [0.2, 0.25) is 0 Å². The molecule has 122 valence electrons. The van der Waals surface area contributed by atoms with Gasteiger partial charge in [0.25, 0.3) is 0 Å². The maximum Gasteiger partial charge on any atom is 0.389 e. The number of carbonyl (C=O) groups excluding carboxylic acids is 1. The van der Waals surface area contributed by atoms with Crippen LogP contribution in [0.15, 0.2) is 5.16 Å². The molecule has 9 heteroatoms. The molecule has 0 bridgehead atoms. The molecule has 21 heavy (non-hydrogen) atoms. The fourth-order valence-corrected chi connectivity index (χ4v) is 2.21. The predicted octanol–water partition coefficient (Wildman–Crippen LogP) is 0.998. The van der Waals surface area contributed by atoms with E-state index in [0.29, 0.717) is 26.2 Å². The van der Waals surface area contributed by atoms with Crippen LogP contribution in [-0.4, -0.2) is 64.6 Å². The van der Waals surface area contributed by atoms with E-state index in [1.165, 1.54) is 4.90 Å². The monoisotopic (exact) mass is 310 g/mol. The van der Waals surface area contributed by atoms with E-state index in [9.17, 15) is 18.0 Å². The fraction of sp³-hybridized carbons (Fsp3) is 0.833. The Bertz CT molecular complexity index is 402. The molecule has 1 rings (SSSR count). The summed E-state index contributed by atoms with van der Waals surface area (Å²) in [6.07, 6.45) is -5.93. The van der Waals surface area contributed by atoms with Gasteiger partial charge in [-0.3, -0.25) is 9.69 Å². The van der Waals surface area contributed by atoms with Gasteiger partial charge < -0.3 is 15.8 Å². The smallest absolute Gasteiger partial charge is 0.389 e.